The molecular weight excluding hydrogens is 255 g/mol. The molecule has 0 saturated carbocycles. The van der Waals surface area contributed by atoms with Crippen LogP contribution in [0.2, 0.25) is 0 Å². The number of anilines is 1. The van der Waals surface area contributed by atoms with Gasteiger partial charge in [0.05, 0.1) is 12.3 Å². The van der Waals surface area contributed by atoms with E-state index in [1.54, 1.807) is 13.2 Å². The first-order valence-corrected chi connectivity index (χ1v) is 7.31. The summed E-state index contributed by atoms with van der Waals surface area (Å²) < 4.78 is 19.1. The van der Waals surface area contributed by atoms with Gasteiger partial charge in [0.25, 0.3) is 0 Å². The van der Waals surface area contributed by atoms with E-state index < -0.39 is 0 Å². The Morgan fingerprint density at radius 2 is 2.15 bits per heavy atom. The van der Waals surface area contributed by atoms with Gasteiger partial charge in [0.2, 0.25) is 0 Å². The summed E-state index contributed by atoms with van der Waals surface area (Å²) in [6.07, 6.45) is 2.17. The lowest BCUT2D eigenvalue weighted by Gasteiger charge is -2.27. The van der Waals surface area contributed by atoms with E-state index in [4.69, 9.17) is 4.74 Å². The van der Waals surface area contributed by atoms with Crippen molar-refractivity contribution in [2.45, 2.75) is 39.3 Å². The van der Waals surface area contributed by atoms with Crippen molar-refractivity contribution in [3.63, 3.8) is 0 Å². The first-order valence-electron chi connectivity index (χ1n) is 7.31. The number of rotatable bonds is 9. The van der Waals surface area contributed by atoms with E-state index >= 15 is 0 Å². The largest absolute Gasteiger partial charge is 0.383 e. The summed E-state index contributed by atoms with van der Waals surface area (Å²) in [4.78, 5) is 2.01. The van der Waals surface area contributed by atoms with Crippen LogP contribution in [-0.4, -0.2) is 33.4 Å². The summed E-state index contributed by atoms with van der Waals surface area (Å²) in [5.41, 5.74) is 1.63. The summed E-state index contributed by atoms with van der Waals surface area (Å²) in [7, 11) is 3.62. The van der Waals surface area contributed by atoms with Gasteiger partial charge in [0.1, 0.15) is 5.82 Å². The molecule has 1 aromatic rings. The molecule has 1 atom stereocenters. The Labute approximate surface area is 122 Å². The Hall–Kier alpha value is -1.13. The van der Waals surface area contributed by atoms with Gasteiger partial charge in [-0.1, -0.05) is 19.4 Å². The van der Waals surface area contributed by atoms with Crippen LogP contribution in [0.1, 0.15) is 32.3 Å². The number of ether oxygens (including phenoxy) is 1. The molecule has 0 aromatic heterocycles. The highest BCUT2D eigenvalue weighted by Crippen LogP contribution is 2.22. The second-order valence-corrected chi connectivity index (χ2v) is 5.20. The predicted octanol–water partition coefficient (Wildman–Crippen LogP) is 3.19. The third-order valence-corrected chi connectivity index (χ3v) is 3.57. The first kappa shape index (κ1) is 16.9. The predicted molar refractivity (Wildman–Crippen MR) is 82.8 cm³/mol. The molecule has 3 nitrogen and oxygen atoms in total. The van der Waals surface area contributed by atoms with Crippen LogP contribution in [-0.2, 0) is 11.3 Å². The van der Waals surface area contributed by atoms with Crippen LogP contribution in [0.4, 0.5) is 10.1 Å². The molecule has 0 heterocycles. The molecular formula is C16H27FN2O. The minimum absolute atomic E-state index is 0.151. The minimum Gasteiger partial charge on any atom is -0.383 e. The van der Waals surface area contributed by atoms with Crippen LogP contribution in [0, 0.1) is 5.82 Å². The molecule has 0 amide bonds. The third kappa shape index (κ3) is 5.10. The molecule has 114 valence electrons. The van der Waals surface area contributed by atoms with Crippen molar-refractivity contribution in [3.8, 4) is 0 Å². The molecule has 4 heteroatoms. The van der Waals surface area contributed by atoms with Crippen molar-refractivity contribution < 1.29 is 9.13 Å². The number of methoxy groups -OCH3 is 1. The van der Waals surface area contributed by atoms with E-state index in [1.165, 1.54) is 0 Å². The zero-order valence-electron chi connectivity index (χ0n) is 13.1. The van der Waals surface area contributed by atoms with Crippen molar-refractivity contribution in [1.82, 2.24) is 5.32 Å². The van der Waals surface area contributed by atoms with Crippen LogP contribution in [0.25, 0.3) is 0 Å². The zero-order valence-corrected chi connectivity index (χ0v) is 13.1. The maximum Gasteiger partial charge on any atom is 0.146 e. The summed E-state index contributed by atoms with van der Waals surface area (Å²) >= 11 is 0. The fourth-order valence-electron chi connectivity index (χ4n) is 2.20. The van der Waals surface area contributed by atoms with Gasteiger partial charge in [0.15, 0.2) is 0 Å². The van der Waals surface area contributed by atoms with Crippen LogP contribution in [0.5, 0.6) is 0 Å². The number of hydrogen-bond acceptors (Lipinski definition) is 3. The fourth-order valence-corrected chi connectivity index (χ4v) is 2.20. The lowest BCUT2D eigenvalue weighted by molar-refractivity contribution is 0.199. The highest BCUT2D eigenvalue weighted by atomic mass is 19.1. The number of nitrogens with zero attached hydrogens (tertiary/aromatic N) is 1. The highest BCUT2D eigenvalue weighted by Gasteiger charge is 2.13. The second kappa shape index (κ2) is 8.93. The molecule has 1 N–H and O–H groups in total. The molecule has 0 bridgehead atoms. The smallest absolute Gasteiger partial charge is 0.146 e. The molecule has 20 heavy (non-hydrogen) atoms. The van der Waals surface area contributed by atoms with E-state index in [-0.39, 0.29) is 5.82 Å². The SMILES string of the molecule is CCCC(C)N(C)c1ccc(CNCCOC)cc1F. The topological polar surface area (TPSA) is 24.5 Å². The highest BCUT2D eigenvalue weighted by molar-refractivity contribution is 5.49. The molecule has 1 rings (SSSR count). The summed E-state index contributed by atoms with van der Waals surface area (Å²) in [6.45, 7) is 6.37. The van der Waals surface area contributed by atoms with Crippen molar-refractivity contribution in [2.75, 3.05) is 32.2 Å². The van der Waals surface area contributed by atoms with Crippen LogP contribution in [0.3, 0.4) is 0 Å². The van der Waals surface area contributed by atoms with Crippen molar-refractivity contribution in [2.24, 2.45) is 0 Å². The van der Waals surface area contributed by atoms with Gasteiger partial charge >= 0.3 is 0 Å². The van der Waals surface area contributed by atoms with E-state index in [1.807, 2.05) is 24.1 Å². The second-order valence-electron chi connectivity index (χ2n) is 5.20. The lowest BCUT2D eigenvalue weighted by Crippen LogP contribution is -2.29. The first-order chi connectivity index (χ1) is 9.60. The van der Waals surface area contributed by atoms with E-state index in [2.05, 4.69) is 19.2 Å². The standard InChI is InChI=1S/C16H27FN2O/c1-5-6-13(2)19(3)16-8-7-14(11-15(16)17)12-18-9-10-20-4/h7-8,11,13,18H,5-6,9-10,12H2,1-4H3. The number of benzene rings is 1. The quantitative estimate of drug-likeness (QED) is 0.704. The summed E-state index contributed by atoms with van der Waals surface area (Å²) in [6, 6.07) is 5.81. The van der Waals surface area contributed by atoms with Gasteiger partial charge in [-0.15, -0.1) is 0 Å². The summed E-state index contributed by atoms with van der Waals surface area (Å²) in [5.74, 6) is -0.151. The van der Waals surface area contributed by atoms with Gasteiger partial charge in [-0.05, 0) is 31.0 Å². The van der Waals surface area contributed by atoms with Crippen molar-refractivity contribution in [3.05, 3.63) is 29.6 Å². The zero-order chi connectivity index (χ0) is 15.0. The molecule has 1 aromatic carbocycles. The van der Waals surface area contributed by atoms with Gasteiger partial charge in [-0.3, -0.25) is 0 Å². The maximum absolute atomic E-state index is 14.2. The molecule has 1 unspecified atom stereocenters. The minimum atomic E-state index is -0.151. The number of hydrogen-bond donors (Lipinski definition) is 1. The average Bonchev–Trinajstić information content (AvgIpc) is 2.43. The average molecular weight is 282 g/mol. The Morgan fingerprint density at radius 3 is 2.75 bits per heavy atom. The van der Waals surface area contributed by atoms with Crippen molar-refractivity contribution >= 4 is 5.69 Å². The molecule has 0 saturated heterocycles. The van der Waals surface area contributed by atoms with Crippen LogP contribution >= 0.6 is 0 Å². The molecule has 0 aliphatic carbocycles. The third-order valence-electron chi connectivity index (χ3n) is 3.57. The monoisotopic (exact) mass is 282 g/mol. The van der Waals surface area contributed by atoms with Crippen molar-refractivity contribution in [1.29, 1.82) is 0 Å². The van der Waals surface area contributed by atoms with Gasteiger partial charge < -0.3 is 15.0 Å². The molecule has 0 spiro atoms. The van der Waals surface area contributed by atoms with Crippen LogP contribution < -0.4 is 10.2 Å². The molecule has 0 fully saturated rings. The molecule has 0 aliphatic heterocycles. The fraction of sp³-hybridized carbons (Fsp3) is 0.625. The normalized spacial score (nSPS) is 12.4. The van der Waals surface area contributed by atoms with Crippen LogP contribution in [0.15, 0.2) is 18.2 Å². The molecule has 0 aliphatic rings. The van der Waals surface area contributed by atoms with E-state index in [0.29, 0.717) is 24.9 Å². The number of halogens is 1. The van der Waals surface area contributed by atoms with E-state index in [9.17, 15) is 4.39 Å². The Balaban J connectivity index is 2.63. The lowest BCUT2D eigenvalue weighted by atomic mass is 10.1. The Morgan fingerprint density at radius 1 is 1.40 bits per heavy atom. The number of nitrogens with one attached hydrogen (secondary N) is 1. The van der Waals surface area contributed by atoms with E-state index in [0.717, 1.165) is 24.9 Å². The Bertz CT molecular complexity index is 398. The maximum atomic E-state index is 14.2. The van der Waals surface area contributed by atoms with Gasteiger partial charge in [-0.25, -0.2) is 4.39 Å². The summed E-state index contributed by atoms with van der Waals surface area (Å²) in [5, 5.41) is 3.22. The van der Waals surface area contributed by atoms with Gasteiger partial charge in [-0.2, -0.15) is 0 Å². The molecule has 0 radical (unpaired) electrons. The Kier molecular flexibility index (Phi) is 7.55. The van der Waals surface area contributed by atoms with Gasteiger partial charge in [0, 0.05) is 33.3 Å².